The number of para-hydroxylation sites is 1. The van der Waals surface area contributed by atoms with E-state index >= 15 is 0 Å². The number of imide groups is 1. The molecule has 0 fully saturated rings. The topological polar surface area (TPSA) is 96.3 Å². The molecule has 0 radical (unpaired) electrons. The number of amides is 2. The van der Waals surface area contributed by atoms with Crippen LogP contribution in [0.3, 0.4) is 0 Å². The average molecular weight is 335 g/mol. The van der Waals surface area contributed by atoms with Crippen LogP contribution < -0.4 is 0 Å². The summed E-state index contributed by atoms with van der Waals surface area (Å²) in [5.41, 5.74) is 2.12. The number of nitrogens with one attached hydrogen (secondary N) is 1. The number of nitrogens with zero attached hydrogens (tertiary/aromatic N) is 2. The number of nitro benzene ring substituents is 1. The fourth-order valence-electron chi connectivity index (χ4n) is 3.17. The lowest BCUT2D eigenvalue weighted by atomic mass is 10.1. The minimum atomic E-state index is -0.577. The molecule has 25 heavy (non-hydrogen) atoms. The van der Waals surface area contributed by atoms with Crippen molar-refractivity contribution in [1.82, 2.24) is 9.88 Å². The summed E-state index contributed by atoms with van der Waals surface area (Å²) >= 11 is 0. The van der Waals surface area contributed by atoms with Gasteiger partial charge in [0.1, 0.15) is 0 Å². The first kappa shape index (κ1) is 15.1. The molecule has 0 atom stereocenters. The van der Waals surface area contributed by atoms with Crippen LogP contribution in [0.1, 0.15) is 26.3 Å². The van der Waals surface area contributed by atoms with Crippen molar-refractivity contribution in [3.8, 4) is 0 Å². The Balaban J connectivity index is 1.58. The monoisotopic (exact) mass is 335 g/mol. The number of carbonyl (C=O) groups excluding carboxylic acids is 2. The van der Waals surface area contributed by atoms with Gasteiger partial charge in [-0.2, -0.15) is 0 Å². The van der Waals surface area contributed by atoms with Crippen LogP contribution in [0.2, 0.25) is 0 Å². The van der Waals surface area contributed by atoms with Crippen LogP contribution in [-0.4, -0.2) is 33.2 Å². The van der Waals surface area contributed by atoms with Gasteiger partial charge in [0, 0.05) is 35.8 Å². The van der Waals surface area contributed by atoms with Gasteiger partial charge in [0.05, 0.1) is 16.1 Å². The third-order valence-corrected chi connectivity index (χ3v) is 4.44. The summed E-state index contributed by atoms with van der Waals surface area (Å²) in [5.74, 6) is -0.890. The normalized spacial score (nSPS) is 13.5. The molecule has 0 saturated carbocycles. The second-order valence-electron chi connectivity index (χ2n) is 5.86. The summed E-state index contributed by atoms with van der Waals surface area (Å²) in [6, 6.07) is 11.6. The van der Waals surface area contributed by atoms with Gasteiger partial charge in [-0.15, -0.1) is 0 Å². The molecule has 1 aliphatic rings. The number of hydrogen-bond donors (Lipinski definition) is 1. The van der Waals surface area contributed by atoms with Crippen molar-refractivity contribution < 1.29 is 14.5 Å². The van der Waals surface area contributed by atoms with Crippen LogP contribution in [0.5, 0.6) is 0 Å². The van der Waals surface area contributed by atoms with Crippen LogP contribution in [0, 0.1) is 10.1 Å². The molecule has 3 aromatic rings. The third kappa shape index (κ3) is 2.37. The van der Waals surface area contributed by atoms with E-state index in [-0.39, 0.29) is 23.4 Å². The molecule has 1 N–H and O–H groups in total. The quantitative estimate of drug-likeness (QED) is 0.450. The zero-order chi connectivity index (χ0) is 17.6. The number of aromatic nitrogens is 1. The first-order chi connectivity index (χ1) is 12.1. The maximum Gasteiger partial charge on any atom is 0.270 e. The van der Waals surface area contributed by atoms with Crippen LogP contribution in [0.4, 0.5) is 5.69 Å². The summed E-state index contributed by atoms with van der Waals surface area (Å²) < 4.78 is 0. The molecule has 1 aliphatic heterocycles. The van der Waals surface area contributed by atoms with Crippen LogP contribution in [0.15, 0.2) is 48.7 Å². The number of nitro groups is 1. The van der Waals surface area contributed by atoms with Gasteiger partial charge in [0.25, 0.3) is 17.5 Å². The van der Waals surface area contributed by atoms with Gasteiger partial charge in [0.2, 0.25) is 0 Å². The number of non-ortho nitro benzene ring substituents is 1. The molecule has 0 unspecified atom stereocenters. The molecular weight excluding hydrogens is 322 g/mol. The lowest BCUT2D eigenvalue weighted by Gasteiger charge is -2.13. The Morgan fingerprint density at radius 1 is 1.04 bits per heavy atom. The molecule has 2 aromatic carbocycles. The van der Waals surface area contributed by atoms with Gasteiger partial charge >= 0.3 is 0 Å². The van der Waals surface area contributed by atoms with Crippen LogP contribution >= 0.6 is 0 Å². The molecule has 4 rings (SSSR count). The van der Waals surface area contributed by atoms with E-state index in [0.29, 0.717) is 6.42 Å². The molecule has 1 aromatic heterocycles. The summed E-state index contributed by atoms with van der Waals surface area (Å²) in [4.78, 5) is 39.5. The van der Waals surface area contributed by atoms with Gasteiger partial charge in [-0.25, -0.2) is 0 Å². The lowest BCUT2D eigenvalue weighted by Crippen LogP contribution is -2.31. The van der Waals surface area contributed by atoms with E-state index in [4.69, 9.17) is 0 Å². The molecule has 0 bridgehead atoms. The molecule has 2 heterocycles. The van der Waals surface area contributed by atoms with Crippen molar-refractivity contribution in [2.24, 2.45) is 0 Å². The van der Waals surface area contributed by atoms with E-state index in [0.717, 1.165) is 21.4 Å². The van der Waals surface area contributed by atoms with Crippen LogP contribution in [0.25, 0.3) is 10.9 Å². The van der Waals surface area contributed by atoms with Crippen molar-refractivity contribution in [2.45, 2.75) is 6.42 Å². The van der Waals surface area contributed by atoms with Gasteiger partial charge in [0.15, 0.2) is 0 Å². The predicted molar refractivity (Wildman–Crippen MR) is 90.5 cm³/mol. The SMILES string of the molecule is O=C1c2ccc([N+](=O)[O-])cc2C(=O)N1CCc1c[nH]c2ccccc12. The van der Waals surface area contributed by atoms with Crippen molar-refractivity contribution in [3.63, 3.8) is 0 Å². The third-order valence-electron chi connectivity index (χ3n) is 4.44. The molecule has 2 amide bonds. The van der Waals surface area contributed by atoms with Crippen molar-refractivity contribution >= 4 is 28.4 Å². The predicted octanol–water partition coefficient (Wildman–Crippen LogP) is 2.91. The number of benzene rings is 2. The van der Waals surface area contributed by atoms with E-state index in [9.17, 15) is 19.7 Å². The van der Waals surface area contributed by atoms with Crippen molar-refractivity contribution in [2.75, 3.05) is 6.54 Å². The number of hydrogen-bond acceptors (Lipinski definition) is 4. The summed E-state index contributed by atoms with van der Waals surface area (Å²) in [7, 11) is 0. The molecule has 7 nitrogen and oxygen atoms in total. The highest BCUT2D eigenvalue weighted by molar-refractivity contribution is 6.21. The fraction of sp³-hybridized carbons (Fsp3) is 0.111. The smallest absolute Gasteiger partial charge is 0.270 e. The zero-order valence-electron chi connectivity index (χ0n) is 13.1. The zero-order valence-corrected chi connectivity index (χ0v) is 13.1. The Kier molecular flexibility index (Phi) is 3.35. The largest absolute Gasteiger partial charge is 0.361 e. The highest BCUT2D eigenvalue weighted by Crippen LogP contribution is 2.27. The van der Waals surface area contributed by atoms with Crippen LogP contribution in [-0.2, 0) is 6.42 Å². The Hall–Kier alpha value is -3.48. The summed E-state index contributed by atoms with van der Waals surface area (Å²) in [6.45, 7) is 0.224. The molecule has 0 spiro atoms. The Labute approximate surface area is 142 Å². The second-order valence-corrected chi connectivity index (χ2v) is 5.86. The molecule has 0 aliphatic carbocycles. The minimum absolute atomic E-state index is 0.0955. The average Bonchev–Trinajstić information content (AvgIpc) is 3.13. The Bertz CT molecular complexity index is 1040. The maximum atomic E-state index is 12.5. The molecule has 7 heteroatoms. The number of aromatic amines is 1. The van der Waals surface area contributed by atoms with Crippen molar-refractivity contribution in [3.05, 3.63) is 75.5 Å². The van der Waals surface area contributed by atoms with Gasteiger partial charge in [-0.05, 0) is 24.1 Å². The number of fused-ring (bicyclic) bond motifs is 2. The highest BCUT2D eigenvalue weighted by atomic mass is 16.6. The highest BCUT2D eigenvalue weighted by Gasteiger charge is 2.36. The van der Waals surface area contributed by atoms with Gasteiger partial charge in [-0.1, -0.05) is 18.2 Å². The molecular formula is C18H13N3O4. The summed E-state index contributed by atoms with van der Waals surface area (Å²) in [5, 5.41) is 11.9. The van der Waals surface area contributed by atoms with E-state index in [1.807, 2.05) is 30.5 Å². The number of rotatable bonds is 4. The molecule has 0 saturated heterocycles. The summed E-state index contributed by atoms with van der Waals surface area (Å²) in [6.07, 6.45) is 2.38. The Morgan fingerprint density at radius 3 is 2.60 bits per heavy atom. The standard InChI is InChI=1S/C18H13N3O4/c22-17-14-6-5-12(21(24)25)9-15(14)18(23)20(17)8-7-11-10-19-16-4-2-1-3-13(11)16/h1-6,9-10,19H,7-8H2. The Morgan fingerprint density at radius 2 is 1.80 bits per heavy atom. The number of H-pyrrole nitrogens is 1. The first-order valence-electron chi connectivity index (χ1n) is 7.76. The first-order valence-corrected chi connectivity index (χ1v) is 7.76. The van der Waals surface area contributed by atoms with E-state index in [1.165, 1.54) is 18.2 Å². The molecule has 124 valence electrons. The van der Waals surface area contributed by atoms with Gasteiger partial charge < -0.3 is 4.98 Å². The van der Waals surface area contributed by atoms with E-state index in [2.05, 4.69) is 4.98 Å². The minimum Gasteiger partial charge on any atom is -0.361 e. The van der Waals surface area contributed by atoms with E-state index in [1.54, 1.807) is 0 Å². The fourth-order valence-corrected chi connectivity index (χ4v) is 3.17. The maximum absolute atomic E-state index is 12.5. The van der Waals surface area contributed by atoms with Crippen molar-refractivity contribution in [1.29, 1.82) is 0 Å². The second kappa shape index (κ2) is 5.55. The lowest BCUT2D eigenvalue weighted by molar-refractivity contribution is -0.384. The number of carbonyl (C=O) groups is 2. The van der Waals surface area contributed by atoms with Gasteiger partial charge in [-0.3, -0.25) is 24.6 Å². The van der Waals surface area contributed by atoms with E-state index < -0.39 is 16.7 Å².